The Hall–Kier alpha value is -0.900. The van der Waals surface area contributed by atoms with E-state index in [0.717, 1.165) is 25.7 Å². The van der Waals surface area contributed by atoms with E-state index >= 15 is 0 Å². The van der Waals surface area contributed by atoms with Crippen molar-refractivity contribution in [3.8, 4) is 0 Å². The van der Waals surface area contributed by atoms with Gasteiger partial charge in [-0.15, -0.1) is 0 Å². The molecule has 1 rings (SSSR count). The van der Waals surface area contributed by atoms with E-state index in [1.54, 1.807) is 0 Å². The van der Waals surface area contributed by atoms with Crippen LogP contribution in [-0.2, 0) is 14.3 Å². The lowest BCUT2D eigenvalue weighted by Crippen LogP contribution is -2.23. The fourth-order valence-electron chi connectivity index (χ4n) is 1.84. The molecule has 2 atom stereocenters. The summed E-state index contributed by atoms with van der Waals surface area (Å²) < 4.78 is 5.13. The minimum absolute atomic E-state index is 0.0630. The van der Waals surface area contributed by atoms with Crippen LogP contribution in [0.2, 0.25) is 0 Å². The maximum absolute atomic E-state index is 11.4. The summed E-state index contributed by atoms with van der Waals surface area (Å²) in [5.74, 6) is -0.584. The summed E-state index contributed by atoms with van der Waals surface area (Å²) >= 11 is 0. The molecule has 92 valence electrons. The number of rotatable bonds is 0. The largest absolute Gasteiger partial charge is 0.463 e. The SMILES string of the molecule is C[C@H]1CCCCC[C@@H](O)C(=O)CCC(=O)O1. The second-order valence-electron chi connectivity index (χ2n) is 4.42. The molecule has 0 radical (unpaired) electrons. The highest BCUT2D eigenvalue weighted by atomic mass is 16.5. The number of aliphatic hydroxyl groups excluding tert-OH is 1. The lowest BCUT2D eigenvalue weighted by molar-refractivity contribution is -0.150. The molecule has 0 aromatic carbocycles. The van der Waals surface area contributed by atoms with E-state index in [1.165, 1.54) is 0 Å². The van der Waals surface area contributed by atoms with Crippen molar-refractivity contribution >= 4 is 11.8 Å². The molecule has 16 heavy (non-hydrogen) atoms. The molecule has 0 spiro atoms. The highest BCUT2D eigenvalue weighted by Crippen LogP contribution is 2.13. The van der Waals surface area contributed by atoms with Gasteiger partial charge in [0.15, 0.2) is 5.78 Å². The molecule has 0 bridgehead atoms. The van der Waals surface area contributed by atoms with Crippen molar-refractivity contribution in [2.75, 3.05) is 0 Å². The Labute approximate surface area is 96.0 Å². The second kappa shape index (κ2) is 6.63. The maximum atomic E-state index is 11.4. The lowest BCUT2D eigenvalue weighted by atomic mass is 10.0. The van der Waals surface area contributed by atoms with Crippen LogP contribution in [0.5, 0.6) is 0 Å². The quantitative estimate of drug-likeness (QED) is 0.639. The van der Waals surface area contributed by atoms with Gasteiger partial charge in [-0.25, -0.2) is 0 Å². The van der Waals surface area contributed by atoms with Crippen LogP contribution in [0.15, 0.2) is 0 Å². The molecule has 1 saturated heterocycles. The summed E-state index contributed by atoms with van der Waals surface area (Å²) in [6.07, 6.45) is 3.37. The fraction of sp³-hybridized carbons (Fsp3) is 0.833. The monoisotopic (exact) mass is 228 g/mol. The van der Waals surface area contributed by atoms with Crippen LogP contribution in [0.3, 0.4) is 0 Å². The van der Waals surface area contributed by atoms with E-state index in [0.29, 0.717) is 6.42 Å². The zero-order valence-corrected chi connectivity index (χ0v) is 9.78. The van der Waals surface area contributed by atoms with Crippen LogP contribution < -0.4 is 0 Å². The minimum atomic E-state index is -0.898. The van der Waals surface area contributed by atoms with E-state index in [2.05, 4.69) is 0 Å². The summed E-state index contributed by atoms with van der Waals surface area (Å²) in [5, 5.41) is 9.50. The Morgan fingerprint density at radius 2 is 1.81 bits per heavy atom. The normalized spacial score (nSPS) is 30.1. The molecule has 4 heteroatoms. The zero-order chi connectivity index (χ0) is 12.0. The standard InChI is InChI=1S/C12H20O4/c1-9-5-3-2-4-6-10(13)11(14)7-8-12(15)16-9/h9-10,13H,2-8H2,1H3/t9-,10+/m0/s1. The number of ketones is 1. The predicted octanol–water partition coefficient (Wildman–Crippen LogP) is 1.59. The minimum Gasteiger partial charge on any atom is -0.463 e. The fourth-order valence-corrected chi connectivity index (χ4v) is 1.84. The zero-order valence-electron chi connectivity index (χ0n) is 9.78. The summed E-state index contributed by atoms with van der Waals surface area (Å²) in [4.78, 5) is 22.7. The van der Waals surface area contributed by atoms with Crippen molar-refractivity contribution < 1.29 is 19.4 Å². The van der Waals surface area contributed by atoms with Gasteiger partial charge >= 0.3 is 5.97 Å². The molecule has 0 unspecified atom stereocenters. The van der Waals surface area contributed by atoms with Crippen molar-refractivity contribution in [3.63, 3.8) is 0 Å². The molecule has 1 aliphatic heterocycles. The van der Waals surface area contributed by atoms with Crippen LogP contribution >= 0.6 is 0 Å². The second-order valence-corrected chi connectivity index (χ2v) is 4.42. The number of carbonyl (C=O) groups excluding carboxylic acids is 2. The van der Waals surface area contributed by atoms with Crippen LogP contribution in [0.25, 0.3) is 0 Å². The Kier molecular flexibility index (Phi) is 5.46. The molecular weight excluding hydrogens is 208 g/mol. The Morgan fingerprint density at radius 1 is 1.12 bits per heavy atom. The first kappa shape index (κ1) is 13.2. The van der Waals surface area contributed by atoms with Gasteiger partial charge in [0.25, 0.3) is 0 Å². The Balaban J connectivity index is 2.48. The Bertz CT molecular complexity index is 249. The number of esters is 1. The molecule has 0 aromatic rings. The molecule has 0 saturated carbocycles. The smallest absolute Gasteiger partial charge is 0.306 e. The summed E-state index contributed by atoms with van der Waals surface area (Å²) in [5.41, 5.74) is 0. The molecule has 1 N–H and O–H groups in total. The van der Waals surface area contributed by atoms with Gasteiger partial charge in [0.05, 0.1) is 12.5 Å². The third kappa shape index (κ3) is 4.75. The van der Waals surface area contributed by atoms with Crippen molar-refractivity contribution in [3.05, 3.63) is 0 Å². The number of Topliss-reactive ketones (excluding diaryl/α,β-unsaturated/α-hetero) is 1. The van der Waals surface area contributed by atoms with Crippen LogP contribution in [0.4, 0.5) is 0 Å². The topological polar surface area (TPSA) is 63.6 Å². The van der Waals surface area contributed by atoms with Gasteiger partial charge in [-0.05, 0) is 26.2 Å². The number of hydrogen-bond acceptors (Lipinski definition) is 4. The number of carbonyl (C=O) groups is 2. The number of aliphatic hydroxyl groups is 1. The van der Waals surface area contributed by atoms with Crippen LogP contribution in [0, 0.1) is 0 Å². The van der Waals surface area contributed by atoms with E-state index in [-0.39, 0.29) is 30.7 Å². The highest BCUT2D eigenvalue weighted by molar-refractivity contribution is 5.86. The molecule has 0 aliphatic carbocycles. The summed E-state index contributed by atoms with van der Waals surface area (Å²) in [6, 6.07) is 0. The predicted molar refractivity (Wildman–Crippen MR) is 58.9 cm³/mol. The van der Waals surface area contributed by atoms with Crippen molar-refractivity contribution in [2.24, 2.45) is 0 Å². The number of ether oxygens (including phenoxy) is 1. The van der Waals surface area contributed by atoms with Crippen molar-refractivity contribution in [1.82, 2.24) is 0 Å². The molecule has 1 fully saturated rings. The number of cyclic esters (lactones) is 1. The van der Waals surface area contributed by atoms with Gasteiger partial charge in [0, 0.05) is 6.42 Å². The molecular formula is C12H20O4. The van der Waals surface area contributed by atoms with E-state index in [9.17, 15) is 14.7 Å². The Morgan fingerprint density at radius 3 is 2.56 bits per heavy atom. The summed E-state index contributed by atoms with van der Waals surface area (Å²) in [6.45, 7) is 1.88. The molecule has 1 aliphatic rings. The summed E-state index contributed by atoms with van der Waals surface area (Å²) in [7, 11) is 0. The van der Waals surface area contributed by atoms with Gasteiger partial charge in [-0.1, -0.05) is 12.8 Å². The lowest BCUT2D eigenvalue weighted by Gasteiger charge is -2.15. The van der Waals surface area contributed by atoms with E-state index in [4.69, 9.17) is 4.74 Å². The van der Waals surface area contributed by atoms with Crippen LogP contribution in [0.1, 0.15) is 51.9 Å². The first-order chi connectivity index (χ1) is 7.59. The molecule has 4 nitrogen and oxygen atoms in total. The van der Waals surface area contributed by atoms with Gasteiger partial charge in [-0.2, -0.15) is 0 Å². The third-order valence-corrected chi connectivity index (χ3v) is 2.87. The van der Waals surface area contributed by atoms with Crippen molar-refractivity contribution in [1.29, 1.82) is 0 Å². The van der Waals surface area contributed by atoms with Gasteiger partial charge in [0.2, 0.25) is 0 Å². The number of hydrogen-bond donors (Lipinski definition) is 1. The average Bonchev–Trinajstić information content (AvgIpc) is 2.23. The van der Waals surface area contributed by atoms with Crippen molar-refractivity contribution in [2.45, 2.75) is 64.1 Å². The first-order valence-corrected chi connectivity index (χ1v) is 6.00. The maximum Gasteiger partial charge on any atom is 0.306 e. The molecule has 0 amide bonds. The van der Waals surface area contributed by atoms with Crippen LogP contribution in [-0.4, -0.2) is 29.1 Å². The van der Waals surface area contributed by atoms with E-state index < -0.39 is 6.10 Å². The highest BCUT2D eigenvalue weighted by Gasteiger charge is 2.18. The van der Waals surface area contributed by atoms with Gasteiger partial charge in [-0.3, -0.25) is 9.59 Å². The first-order valence-electron chi connectivity index (χ1n) is 6.00. The molecule has 1 heterocycles. The van der Waals surface area contributed by atoms with Gasteiger partial charge in [0.1, 0.15) is 6.10 Å². The molecule has 0 aromatic heterocycles. The van der Waals surface area contributed by atoms with Gasteiger partial charge < -0.3 is 9.84 Å². The average molecular weight is 228 g/mol. The third-order valence-electron chi connectivity index (χ3n) is 2.87. The van der Waals surface area contributed by atoms with E-state index in [1.807, 2.05) is 6.92 Å².